The van der Waals surface area contributed by atoms with Crippen LogP contribution in [0, 0.1) is 0 Å². The first-order chi connectivity index (χ1) is 5.63. The fraction of sp³-hybridized carbons (Fsp3) is 0.500. The number of aliphatic carboxylic acids is 1. The van der Waals surface area contributed by atoms with Crippen molar-refractivity contribution in [1.82, 2.24) is 9.55 Å². The number of hydrogen-bond acceptors (Lipinski definition) is 2. The summed E-state index contributed by atoms with van der Waals surface area (Å²) in [5.74, 6) is -0.231. The minimum atomic E-state index is -0.841. The smallest absolute Gasteiger partial charge is 0.311 e. The number of aryl methyl sites for hydroxylation is 2. The van der Waals surface area contributed by atoms with Gasteiger partial charge in [-0.2, -0.15) is 0 Å². The number of carbonyl (C=O) groups is 1. The largest absolute Gasteiger partial charge is 0.481 e. The van der Waals surface area contributed by atoms with Crippen molar-refractivity contribution in [2.75, 3.05) is 0 Å². The normalized spacial score (nSPS) is 10.2. The van der Waals surface area contributed by atoms with Crippen molar-refractivity contribution >= 4 is 5.97 Å². The zero-order chi connectivity index (χ0) is 9.14. The van der Waals surface area contributed by atoms with Crippen molar-refractivity contribution in [3.63, 3.8) is 0 Å². The van der Waals surface area contributed by atoms with Gasteiger partial charge in [0.2, 0.25) is 0 Å². The van der Waals surface area contributed by atoms with E-state index in [1.54, 1.807) is 4.57 Å². The van der Waals surface area contributed by atoms with Crippen molar-refractivity contribution in [2.24, 2.45) is 7.05 Å². The number of carboxylic acid groups (broad SMARTS) is 1. The number of nitrogens with zero attached hydrogens (tertiary/aromatic N) is 2. The Balaban J connectivity index is 2.84. The molecule has 0 saturated heterocycles. The van der Waals surface area contributed by atoms with Crippen LogP contribution in [0.5, 0.6) is 0 Å². The highest BCUT2D eigenvalue weighted by Crippen LogP contribution is 2.02. The molecule has 1 N–H and O–H groups in total. The van der Waals surface area contributed by atoms with Gasteiger partial charge >= 0.3 is 5.97 Å². The lowest BCUT2D eigenvalue weighted by molar-refractivity contribution is -0.136. The van der Waals surface area contributed by atoms with Crippen molar-refractivity contribution in [2.45, 2.75) is 19.8 Å². The molecule has 1 aromatic rings. The quantitative estimate of drug-likeness (QED) is 0.719. The minimum absolute atomic E-state index is 0.00347. The van der Waals surface area contributed by atoms with E-state index in [0.717, 1.165) is 12.1 Å². The number of aromatic nitrogens is 2. The molecule has 0 bridgehead atoms. The number of imidazole rings is 1. The van der Waals surface area contributed by atoms with Gasteiger partial charge in [-0.25, -0.2) is 4.98 Å². The molecule has 0 radical (unpaired) electrons. The maximum absolute atomic E-state index is 10.4. The second-order valence-corrected chi connectivity index (χ2v) is 2.68. The van der Waals surface area contributed by atoms with E-state index < -0.39 is 5.97 Å². The molecule has 0 aromatic carbocycles. The third-order valence-corrected chi connectivity index (χ3v) is 1.69. The molecule has 4 nitrogen and oxygen atoms in total. The molecule has 66 valence electrons. The van der Waals surface area contributed by atoms with Gasteiger partial charge in [-0.05, 0) is 6.42 Å². The van der Waals surface area contributed by atoms with Crippen LogP contribution in [0.1, 0.15) is 18.4 Å². The molecule has 0 saturated carbocycles. The maximum Gasteiger partial charge on any atom is 0.311 e. The van der Waals surface area contributed by atoms with Gasteiger partial charge in [0, 0.05) is 13.2 Å². The molecule has 1 rings (SSSR count). The second-order valence-electron chi connectivity index (χ2n) is 2.68. The molecule has 0 spiro atoms. The van der Waals surface area contributed by atoms with Gasteiger partial charge in [-0.15, -0.1) is 0 Å². The van der Waals surface area contributed by atoms with Crippen LogP contribution in [-0.4, -0.2) is 20.6 Å². The summed E-state index contributed by atoms with van der Waals surface area (Å²) in [7, 11) is 1.81. The van der Waals surface area contributed by atoms with Gasteiger partial charge in [0.25, 0.3) is 0 Å². The molecule has 0 aliphatic rings. The molecule has 0 fully saturated rings. The average Bonchev–Trinajstić information content (AvgIpc) is 2.31. The second kappa shape index (κ2) is 3.38. The molecule has 0 atom stereocenters. The maximum atomic E-state index is 10.4. The van der Waals surface area contributed by atoms with E-state index in [4.69, 9.17) is 5.11 Å². The van der Waals surface area contributed by atoms with Crippen LogP contribution in [0.2, 0.25) is 0 Å². The summed E-state index contributed by atoms with van der Waals surface area (Å²) in [5.41, 5.74) is 0.939. The van der Waals surface area contributed by atoms with E-state index in [9.17, 15) is 4.79 Å². The van der Waals surface area contributed by atoms with Crippen molar-refractivity contribution in [3.05, 3.63) is 17.7 Å². The first-order valence-corrected chi connectivity index (χ1v) is 3.86. The van der Waals surface area contributed by atoms with E-state index >= 15 is 0 Å². The van der Waals surface area contributed by atoms with E-state index in [1.807, 2.05) is 20.2 Å². The Morgan fingerprint density at radius 1 is 1.75 bits per heavy atom. The fourth-order valence-corrected chi connectivity index (χ4v) is 1.04. The molecule has 0 amide bonds. The lowest BCUT2D eigenvalue weighted by Crippen LogP contribution is -2.05. The highest BCUT2D eigenvalue weighted by Gasteiger charge is 2.07. The monoisotopic (exact) mass is 168 g/mol. The summed E-state index contributed by atoms with van der Waals surface area (Å²) in [6.07, 6.45) is 2.70. The molecule has 0 unspecified atom stereocenters. The van der Waals surface area contributed by atoms with E-state index in [0.29, 0.717) is 5.82 Å². The zero-order valence-electron chi connectivity index (χ0n) is 7.24. The molecule has 4 heteroatoms. The number of rotatable bonds is 3. The van der Waals surface area contributed by atoms with Crippen LogP contribution in [0.3, 0.4) is 0 Å². The summed E-state index contributed by atoms with van der Waals surface area (Å²) in [6, 6.07) is 0. The van der Waals surface area contributed by atoms with Crippen LogP contribution in [-0.2, 0) is 24.7 Å². The van der Waals surface area contributed by atoms with Gasteiger partial charge in [-0.1, -0.05) is 6.92 Å². The Hall–Kier alpha value is -1.32. The lowest BCUT2D eigenvalue weighted by atomic mass is 10.4. The summed E-state index contributed by atoms with van der Waals surface area (Å²) in [4.78, 5) is 14.5. The third kappa shape index (κ3) is 1.84. The standard InChI is InChI=1S/C8H12N2O2/c1-3-6-5-10(2)7(9-6)4-8(11)12/h5H,3-4H2,1-2H3,(H,11,12). The SMILES string of the molecule is CCc1cn(C)c(CC(=O)O)n1. The van der Waals surface area contributed by atoms with Crippen LogP contribution >= 0.6 is 0 Å². The third-order valence-electron chi connectivity index (χ3n) is 1.69. The van der Waals surface area contributed by atoms with Gasteiger partial charge in [0.15, 0.2) is 0 Å². The van der Waals surface area contributed by atoms with Crippen molar-refractivity contribution in [3.8, 4) is 0 Å². The topological polar surface area (TPSA) is 55.1 Å². The highest BCUT2D eigenvalue weighted by atomic mass is 16.4. The Bertz CT molecular complexity index is 291. The molecular formula is C8H12N2O2. The zero-order valence-corrected chi connectivity index (χ0v) is 7.24. The van der Waals surface area contributed by atoms with Crippen LogP contribution < -0.4 is 0 Å². The Morgan fingerprint density at radius 2 is 2.42 bits per heavy atom. The van der Waals surface area contributed by atoms with Crippen LogP contribution in [0.4, 0.5) is 0 Å². The molecule has 0 aliphatic carbocycles. The average molecular weight is 168 g/mol. The fourth-order valence-electron chi connectivity index (χ4n) is 1.04. The minimum Gasteiger partial charge on any atom is -0.481 e. The van der Waals surface area contributed by atoms with E-state index in [2.05, 4.69) is 4.98 Å². The Labute approximate surface area is 70.9 Å². The lowest BCUT2D eigenvalue weighted by Gasteiger charge is -1.94. The van der Waals surface area contributed by atoms with Crippen LogP contribution in [0.25, 0.3) is 0 Å². The predicted octanol–water partition coefficient (Wildman–Crippen LogP) is 0.610. The molecule has 1 heterocycles. The first-order valence-electron chi connectivity index (χ1n) is 3.86. The van der Waals surface area contributed by atoms with Crippen LogP contribution in [0.15, 0.2) is 6.20 Å². The van der Waals surface area contributed by atoms with E-state index in [-0.39, 0.29) is 6.42 Å². The van der Waals surface area contributed by atoms with E-state index in [1.165, 1.54) is 0 Å². The summed E-state index contributed by atoms with van der Waals surface area (Å²) >= 11 is 0. The molecule has 1 aromatic heterocycles. The summed E-state index contributed by atoms with van der Waals surface area (Å²) in [5, 5.41) is 8.52. The summed E-state index contributed by atoms with van der Waals surface area (Å²) < 4.78 is 1.76. The molecule has 0 aliphatic heterocycles. The van der Waals surface area contributed by atoms with Crippen molar-refractivity contribution < 1.29 is 9.90 Å². The van der Waals surface area contributed by atoms with Gasteiger partial charge < -0.3 is 9.67 Å². The highest BCUT2D eigenvalue weighted by molar-refractivity contribution is 5.69. The summed E-state index contributed by atoms with van der Waals surface area (Å²) in [6.45, 7) is 1.99. The predicted molar refractivity (Wildman–Crippen MR) is 43.9 cm³/mol. The first kappa shape index (κ1) is 8.77. The van der Waals surface area contributed by atoms with Crippen molar-refractivity contribution in [1.29, 1.82) is 0 Å². The van der Waals surface area contributed by atoms with Gasteiger partial charge in [0.05, 0.1) is 5.69 Å². The number of carboxylic acids is 1. The van der Waals surface area contributed by atoms with Gasteiger partial charge in [-0.3, -0.25) is 4.79 Å². The molecule has 12 heavy (non-hydrogen) atoms. The Kier molecular flexibility index (Phi) is 2.47. The molecular weight excluding hydrogens is 156 g/mol. The Morgan fingerprint density at radius 3 is 2.83 bits per heavy atom. The van der Waals surface area contributed by atoms with Gasteiger partial charge in [0.1, 0.15) is 12.2 Å². The number of hydrogen-bond donors (Lipinski definition) is 1.